The Morgan fingerprint density at radius 2 is 1.94 bits per heavy atom. The molecule has 0 aliphatic rings. The Labute approximate surface area is 96.3 Å². The fraction of sp³-hybridized carbons (Fsp3) is 0.308. The number of carbonyl (C=O) groups is 1. The normalized spacial score (nSPS) is 11.1. The van der Waals surface area contributed by atoms with Crippen molar-refractivity contribution in [1.29, 1.82) is 0 Å². The molecule has 0 unspecified atom stereocenters. The average Bonchev–Trinajstić information content (AvgIpc) is 2.22. The Kier molecular flexibility index (Phi) is 4.11. The van der Waals surface area contributed by atoms with Gasteiger partial charge in [0.15, 0.2) is 12.0 Å². The third-order valence-corrected chi connectivity index (χ3v) is 2.22. The number of rotatable bonds is 4. The first-order chi connectivity index (χ1) is 7.52. The summed E-state index contributed by atoms with van der Waals surface area (Å²) in [6.07, 6.45) is 2.34. The highest BCUT2D eigenvalue weighted by Gasteiger charge is 2.01. The number of hydrogen-bond acceptors (Lipinski definition) is 3. The van der Waals surface area contributed by atoms with Crippen LogP contribution in [0.1, 0.15) is 11.1 Å². The van der Waals surface area contributed by atoms with E-state index < -0.39 is 0 Å². The monoisotopic (exact) mass is 219 g/mol. The maximum absolute atomic E-state index is 10.8. The smallest absolute Gasteiger partial charge is 0.186 e. The van der Waals surface area contributed by atoms with Crippen LogP contribution in [0.4, 0.5) is 0 Å². The molecule has 0 aliphatic carbocycles. The quantitative estimate of drug-likeness (QED) is 0.442. The molecular weight excluding hydrogens is 202 g/mol. The Hall–Kier alpha value is -1.77. The second-order valence-electron chi connectivity index (χ2n) is 3.96. The lowest BCUT2D eigenvalue weighted by Gasteiger charge is -2.10. The van der Waals surface area contributed by atoms with Gasteiger partial charge in [-0.25, -0.2) is 0 Å². The van der Waals surface area contributed by atoms with Crippen LogP contribution in [-0.4, -0.2) is 25.3 Å². The lowest BCUT2D eigenvalue weighted by Crippen LogP contribution is -2.07. The molecule has 0 saturated heterocycles. The van der Waals surface area contributed by atoms with Gasteiger partial charge in [0.25, 0.3) is 0 Å². The molecule has 3 heteroatoms. The molecular formula is C13H17NO2. The van der Waals surface area contributed by atoms with Crippen LogP contribution in [0, 0.1) is 13.8 Å². The zero-order valence-corrected chi connectivity index (χ0v) is 10.2. The number of benzene rings is 1. The van der Waals surface area contributed by atoms with Crippen LogP contribution in [0.5, 0.6) is 5.75 Å². The van der Waals surface area contributed by atoms with Gasteiger partial charge in [0.2, 0.25) is 0 Å². The first-order valence-corrected chi connectivity index (χ1v) is 5.11. The summed E-state index contributed by atoms with van der Waals surface area (Å²) in [4.78, 5) is 12.5. The Morgan fingerprint density at radius 1 is 1.25 bits per heavy atom. The molecule has 0 N–H and O–H groups in total. The van der Waals surface area contributed by atoms with Crippen molar-refractivity contribution in [2.45, 2.75) is 13.8 Å². The van der Waals surface area contributed by atoms with Gasteiger partial charge < -0.3 is 9.64 Å². The topological polar surface area (TPSA) is 29.5 Å². The summed E-state index contributed by atoms with van der Waals surface area (Å²) in [6.45, 7) is 4.05. The van der Waals surface area contributed by atoms with E-state index in [0.29, 0.717) is 17.8 Å². The summed E-state index contributed by atoms with van der Waals surface area (Å²) in [7, 11) is 3.68. The average molecular weight is 219 g/mol. The Bertz CT molecular complexity index is 408. The lowest BCUT2D eigenvalue weighted by atomic mass is 10.1. The van der Waals surface area contributed by atoms with E-state index >= 15 is 0 Å². The van der Waals surface area contributed by atoms with E-state index in [1.54, 1.807) is 11.1 Å². The van der Waals surface area contributed by atoms with Crippen molar-refractivity contribution in [2.75, 3.05) is 14.1 Å². The molecule has 0 fully saturated rings. The van der Waals surface area contributed by atoms with Gasteiger partial charge in [-0.1, -0.05) is 6.07 Å². The Morgan fingerprint density at radius 3 is 2.44 bits per heavy atom. The maximum atomic E-state index is 10.8. The fourth-order valence-electron chi connectivity index (χ4n) is 1.25. The second kappa shape index (κ2) is 5.35. The summed E-state index contributed by atoms with van der Waals surface area (Å²) in [6, 6.07) is 5.75. The molecule has 0 heterocycles. The van der Waals surface area contributed by atoms with E-state index in [4.69, 9.17) is 4.74 Å². The van der Waals surface area contributed by atoms with Crippen LogP contribution < -0.4 is 4.74 Å². The van der Waals surface area contributed by atoms with Gasteiger partial charge in [-0.05, 0) is 37.1 Å². The second-order valence-corrected chi connectivity index (χ2v) is 3.96. The van der Waals surface area contributed by atoms with E-state index in [9.17, 15) is 4.79 Å². The molecule has 0 bridgehead atoms. The molecule has 1 rings (SSSR count). The van der Waals surface area contributed by atoms with Gasteiger partial charge >= 0.3 is 0 Å². The van der Waals surface area contributed by atoms with Gasteiger partial charge in [0.1, 0.15) is 5.75 Å². The third-order valence-electron chi connectivity index (χ3n) is 2.22. The van der Waals surface area contributed by atoms with E-state index in [2.05, 4.69) is 0 Å². The SMILES string of the molecule is Cc1ccc(O/C(C=O)=C\N(C)C)cc1C. The van der Waals surface area contributed by atoms with E-state index in [1.807, 2.05) is 46.1 Å². The van der Waals surface area contributed by atoms with E-state index in [1.165, 1.54) is 5.56 Å². The highest BCUT2D eigenvalue weighted by molar-refractivity contribution is 5.70. The van der Waals surface area contributed by atoms with Crippen LogP contribution in [0.15, 0.2) is 30.2 Å². The standard InChI is InChI=1S/C13H17NO2/c1-10-5-6-12(7-11(10)2)16-13(9-15)8-14(3)4/h5-9H,1-4H3/b13-8-. The van der Waals surface area contributed by atoms with Crippen LogP contribution in [0.2, 0.25) is 0 Å². The molecule has 1 aromatic carbocycles. The molecule has 16 heavy (non-hydrogen) atoms. The first-order valence-electron chi connectivity index (χ1n) is 5.11. The highest BCUT2D eigenvalue weighted by atomic mass is 16.5. The number of aldehydes is 1. The Balaban J connectivity index is 2.86. The minimum Gasteiger partial charge on any atom is -0.452 e. The highest BCUT2D eigenvalue weighted by Crippen LogP contribution is 2.18. The number of allylic oxidation sites excluding steroid dienone is 1. The van der Waals surface area contributed by atoms with Crippen molar-refractivity contribution in [3.8, 4) is 5.75 Å². The third kappa shape index (κ3) is 3.42. The van der Waals surface area contributed by atoms with Crippen molar-refractivity contribution in [3.05, 3.63) is 41.3 Å². The minimum atomic E-state index is 0.299. The molecule has 1 aromatic rings. The van der Waals surface area contributed by atoms with Crippen LogP contribution in [-0.2, 0) is 4.79 Å². The van der Waals surface area contributed by atoms with Gasteiger partial charge in [0.05, 0.1) is 0 Å². The predicted octanol–water partition coefficient (Wildman–Crippen LogP) is 2.28. The molecule has 0 aliphatic heterocycles. The summed E-state index contributed by atoms with van der Waals surface area (Å²) in [5.74, 6) is 0.983. The zero-order chi connectivity index (χ0) is 12.1. The van der Waals surface area contributed by atoms with Crippen molar-refractivity contribution in [3.63, 3.8) is 0 Å². The fourth-order valence-corrected chi connectivity index (χ4v) is 1.25. The molecule has 0 atom stereocenters. The van der Waals surface area contributed by atoms with Gasteiger partial charge in [-0.15, -0.1) is 0 Å². The summed E-state index contributed by atoms with van der Waals surface area (Å²) < 4.78 is 5.46. The molecule has 0 radical (unpaired) electrons. The zero-order valence-electron chi connectivity index (χ0n) is 10.2. The number of hydrogen-bond donors (Lipinski definition) is 0. The van der Waals surface area contributed by atoms with Crippen molar-refractivity contribution < 1.29 is 9.53 Å². The minimum absolute atomic E-state index is 0.299. The molecule has 3 nitrogen and oxygen atoms in total. The van der Waals surface area contributed by atoms with Crippen LogP contribution >= 0.6 is 0 Å². The number of carbonyl (C=O) groups excluding carboxylic acids is 1. The number of nitrogens with zero attached hydrogens (tertiary/aromatic N) is 1. The largest absolute Gasteiger partial charge is 0.452 e. The molecule has 86 valence electrons. The summed E-state index contributed by atoms with van der Waals surface area (Å²) >= 11 is 0. The molecule has 0 amide bonds. The first kappa shape index (κ1) is 12.3. The lowest BCUT2D eigenvalue weighted by molar-refractivity contribution is -0.106. The molecule has 0 saturated carbocycles. The van der Waals surface area contributed by atoms with Gasteiger partial charge in [-0.3, -0.25) is 4.79 Å². The summed E-state index contributed by atoms with van der Waals surface area (Å²) in [5, 5.41) is 0. The van der Waals surface area contributed by atoms with Crippen LogP contribution in [0.3, 0.4) is 0 Å². The van der Waals surface area contributed by atoms with E-state index in [-0.39, 0.29) is 0 Å². The van der Waals surface area contributed by atoms with Crippen molar-refractivity contribution in [2.24, 2.45) is 0 Å². The molecule has 0 aromatic heterocycles. The van der Waals surface area contributed by atoms with Gasteiger partial charge in [-0.2, -0.15) is 0 Å². The predicted molar refractivity (Wildman–Crippen MR) is 64.4 cm³/mol. The number of aryl methyl sites for hydroxylation is 2. The maximum Gasteiger partial charge on any atom is 0.186 e. The molecule has 0 spiro atoms. The van der Waals surface area contributed by atoms with Crippen molar-refractivity contribution in [1.82, 2.24) is 4.90 Å². The van der Waals surface area contributed by atoms with Crippen LogP contribution in [0.25, 0.3) is 0 Å². The van der Waals surface area contributed by atoms with Crippen molar-refractivity contribution >= 4 is 6.29 Å². The van der Waals surface area contributed by atoms with Gasteiger partial charge in [0, 0.05) is 20.3 Å². The summed E-state index contributed by atoms with van der Waals surface area (Å²) in [5.41, 5.74) is 2.35. The number of ether oxygens (including phenoxy) is 1. The van der Waals surface area contributed by atoms with E-state index in [0.717, 1.165) is 5.56 Å².